The molecule has 0 bridgehead atoms. The standard InChI is InChI=1S/C13H13ClN2OS2/c1-9(19-13-11(14)5-2-6-15-13)12(17)16-8-10-4-3-7-18-10/h2-7,9H,8H2,1H3,(H,16,17). The average molecular weight is 313 g/mol. The van der Waals surface area contributed by atoms with Crippen molar-refractivity contribution in [3.63, 3.8) is 0 Å². The van der Waals surface area contributed by atoms with E-state index in [2.05, 4.69) is 10.3 Å². The summed E-state index contributed by atoms with van der Waals surface area (Å²) in [6, 6.07) is 7.51. The van der Waals surface area contributed by atoms with E-state index in [-0.39, 0.29) is 11.2 Å². The molecule has 0 aliphatic rings. The Hall–Kier alpha value is -1.04. The summed E-state index contributed by atoms with van der Waals surface area (Å²) in [7, 11) is 0. The van der Waals surface area contributed by atoms with E-state index >= 15 is 0 Å². The molecule has 0 saturated heterocycles. The first-order valence-corrected chi connectivity index (χ1v) is 7.88. The van der Waals surface area contributed by atoms with Crippen molar-refractivity contribution in [1.29, 1.82) is 0 Å². The Kier molecular flexibility index (Phi) is 5.24. The zero-order chi connectivity index (χ0) is 13.7. The molecule has 1 unspecified atom stereocenters. The van der Waals surface area contributed by atoms with E-state index in [0.717, 1.165) is 4.88 Å². The van der Waals surface area contributed by atoms with E-state index in [4.69, 9.17) is 11.6 Å². The number of pyridine rings is 1. The maximum atomic E-state index is 12.0. The number of thioether (sulfide) groups is 1. The molecule has 1 amide bonds. The van der Waals surface area contributed by atoms with Crippen LogP contribution in [0, 0.1) is 0 Å². The van der Waals surface area contributed by atoms with Crippen molar-refractivity contribution < 1.29 is 4.79 Å². The van der Waals surface area contributed by atoms with Gasteiger partial charge in [-0.3, -0.25) is 4.79 Å². The van der Waals surface area contributed by atoms with Gasteiger partial charge in [-0.1, -0.05) is 29.4 Å². The van der Waals surface area contributed by atoms with Gasteiger partial charge in [-0.05, 0) is 30.5 Å². The largest absolute Gasteiger partial charge is 0.350 e. The Bertz CT molecular complexity index is 545. The number of thiophene rings is 1. The summed E-state index contributed by atoms with van der Waals surface area (Å²) in [6.07, 6.45) is 1.67. The van der Waals surface area contributed by atoms with Crippen LogP contribution in [0.5, 0.6) is 0 Å². The summed E-state index contributed by atoms with van der Waals surface area (Å²) in [6.45, 7) is 2.41. The lowest BCUT2D eigenvalue weighted by Crippen LogP contribution is -2.30. The average Bonchev–Trinajstić information content (AvgIpc) is 2.91. The number of hydrogen-bond donors (Lipinski definition) is 1. The Balaban J connectivity index is 1.87. The van der Waals surface area contributed by atoms with Crippen LogP contribution in [0.3, 0.4) is 0 Å². The van der Waals surface area contributed by atoms with Gasteiger partial charge in [-0.25, -0.2) is 4.98 Å². The van der Waals surface area contributed by atoms with Crippen LogP contribution in [0.4, 0.5) is 0 Å². The van der Waals surface area contributed by atoms with Crippen LogP contribution < -0.4 is 5.32 Å². The third-order valence-electron chi connectivity index (χ3n) is 2.40. The normalized spacial score (nSPS) is 12.1. The minimum atomic E-state index is -0.229. The molecule has 0 fully saturated rings. The Morgan fingerprint density at radius 2 is 2.37 bits per heavy atom. The van der Waals surface area contributed by atoms with E-state index < -0.39 is 0 Å². The van der Waals surface area contributed by atoms with E-state index in [1.54, 1.807) is 29.7 Å². The fourth-order valence-electron chi connectivity index (χ4n) is 1.41. The first-order valence-electron chi connectivity index (χ1n) is 5.74. The van der Waals surface area contributed by atoms with Gasteiger partial charge < -0.3 is 5.32 Å². The van der Waals surface area contributed by atoms with Crippen LogP contribution in [0.1, 0.15) is 11.8 Å². The number of nitrogens with zero attached hydrogens (tertiary/aromatic N) is 1. The van der Waals surface area contributed by atoms with Gasteiger partial charge in [0.15, 0.2) is 0 Å². The second kappa shape index (κ2) is 6.93. The first kappa shape index (κ1) is 14.4. The lowest BCUT2D eigenvalue weighted by molar-refractivity contribution is -0.120. The van der Waals surface area contributed by atoms with Crippen LogP contribution in [0.15, 0.2) is 40.9 Å². The summed E-state index contributed by atoms with van der Waals surface area (Å²) in [5.41, 5.74) is 0. The van der Waals surface area contributed by atoms with Gasteiger partial charge in [0.1, 0.15) is 5.03 Å². The fourth-order valence-corrected chi connectivity index (χ4v) is 3.14. The summed E-state index contributed by atoms with van der Waals surface area (Å²) >= 11 is 9.01. The van der Waals surface area contributed by atoms with Gasteiger partial charge in [0.05, 0.1) is 16.8 Å². The van der Waals surface area contributed by atoms with Gasteiger partial charge in [0, 0.05) is 11.1 Å². The van der Waals surface area contributed by atoms with Crippen molar-refractivity contribution in [2.45, 2.75) is 23.7 Å². The topological polar surface area (TPSA) is 42.0 Å². The maximum absolute atomic E-state index is 12.0. The number of rotatable bonds is 5. The Morgan fingerprint density at radius 3 is 3.05 bits per heavy atom. The zero-order valence-corrected chi connectivity index (χ0v) is 12.7. The second-order valence-corrected chi connectivity index (χ2v) is 6.62. The summed E-state index contributed by atoms with van der Waals surface area (Å²) in [5, 5.41) is 5.93. The smallest absolute Gasteiger partial charge is 0.233 e. The molecule has 0 saturated carbocycles. The molecule has 3 nitrogen and oxygen atoms in total. The zero-order valence-electron chi connectivity index (χ0n) is 10.3. The van der Waals surface area contributed by atoms with Crippen molar-refractivity contribution in [3.8, 4) is 0 Å². The predicted molar refractivity (Wildman–Crippen MR) is 80.7 cm³/mol. The monoisotopic (exact) mass is 312 g/mol. The van der Waals surface area contributed by atoms with Crippen molar-refractivity contribution >= 4 is 40.6 Å². The molecule has 100 valence electrons. The van der Waals surface area contributed by atoms with E-state index in [1.165, 1.54) is 11.8 Å². The van der Waals surface area contributed by atoms with E-state index in [1.807, 2.05) is 24.4 Å². The third-order valence-corrected chi connectivity index (χ3v) is 4.81. The molecule has 0 radical (unpaired) electrons. The number of aromatic nitrogens is 1. The molecule has 2 heterocycles. The highest BCUT2D eigenvalue weighted by Crippen LogP contribution is 2.27. The molecule has 0 aliphatic heterocycles. The highest BCUT2D eigenvalue weighted by molar-refractivity contribution is 8.00. The number of carbonyl (C=O) groups is 1. The third kappa shape index (κ3) is 4.23. The van der Waals surface area contributed by atoms with Crippen LogP contribution >= 0.6 is 34.7 Å². The number of nitrogens with one attached hydrogen (secondary N) is 1. The van der Waals surface area contributed by atoms with Gasteiger partial charge in [0.2, 0.25) is 5.91 Å². The van der Waals surface area contributed by atoms with E-state index in [0.29, 0.717) is 16.6 Å². The molecule has 0 aromatic carbocycles. The highest BCUT2D eigenvalue weighted by atomic mass is 35.5. The number of halogens is 1. The summed E-state index contributed by atoms with van der Waals surface area (Å²) in [5.74, 6) is -0.0138. The summed E-state index contributed by atoms with van der Waals surface area (Å²) < 4.78 is 0. The lowest BCUT2D eigenvalue weighted by Gasteiger charge is -2.11. The molecule has 1 atom stereocenters. The quantitative estimate of drug-likeness (QED) is 0.858. The molecule has 6 heteroatoms. The molecular weight excluding hydrogens is 300 g/mol. The minimum Gasteiger partial charge on any atom is -0.350 e. The minimum absolute atomic E-state index is 0.0138. The molecule has 0 spiro atoms. The second-order valence-electron chi connectivity index (χ2n) is 3.85. The molecular formula is C13H13ClN2OS2. The number of amides is 1. The fraction of sp³-hybridized carbons (Fsp3) is 0.231. The maximum Gasteiger partial charge on any atom is 0.233 e. The molecule has 2 rings (SSSR count). The molecule has 1 N–H and O–H groups in total. The van der Waals surface area contributed by atoms with Gasteiger partial charge in [-0.15, -0.1) is 11.3 Å². The molecule has 0 aliphatic carbocycles. The van der Waals surface area contributed by atoms with Crippen LogP contribution in [0.25, 0.3) is 0 Å². The van der Waals surface area contributed by atoms with Crippen LogP contribution in [-0.2, 0) is 11.3 Å². The van der Waals surface area contributed by atoms with Crippen molar-refractivity contribution in [3.05, 3.63) is 45.7 Å². The molecule has 2 aromatic heterocycles. The Morgan fingerprint density at radius 1 is 1.53 bits per heavy atom. The van der Waals surface area contributed by atoms with Crippen molar-refractivity contribution in [1.82, 2.24) is 10.3 Å². The van der Waals surface area contributed by atoms with Crippen LogP contribution in [0.2, 0.25) is 5.02 Å². The predicted octanol–water partition coefficient (Wildman–Crippen LogP) is 3.59. The van der Waals surface area contributed by atoms with E-state index in [9.17, 15) is 4.79 Å². The van der Waals surface area contributed by atoms with Gasteiger partial charge in [-0.2, -0.15) is 0 Å². The SMILES string of the molecule is CC(Sc1ncccc1Cl)C(=O)NCc1cccs1. The van der Waals surface area contributed by atoms with Crippen molar-refractivity contribution in [2.75, 3.05) is 0 Å². The van der Waals surface area contributed by atoms with Gasteiger partial charge >= 0.3 is 0 Å². The first-order chi connectivity index (χ1) is 9.16. The highest BCUT2D eigenvalue weighted by Gasteiger charge is 2.16. The Labute approximate surface area is 125 Å². The number of hydrogen-bond acceptors (Lipinski definition) is 4. The molecule has 2 aromatic rings. The number of carbonyl (C=O) groups excluding carboxylic acids is 1. The molecule has 19 heavy (non-hydrogen) atoms. The van der Waals surface area contributed by atoms with Crippen LogP contribution in [-0.4, -0.2) is 16.1 Å². The van der Waals surface area contributed by atoms with Gasteiger partial charge in [0.25, 0.3) is 0 Å². The summed E-state index contributed by atoms with van der Waals surface area (Å²) in [4.78, 5) is 17.3. The van der Waals surface area contributed by atoms with Crippen molar-refractivity contribution in [2.24, 2.45) is 0 Å². The lowest BCUT2D eigenvalue weighted by atomic mass is 10.4.